The van der Waals surface area contributed by atoms with Crippen LogP contribution in [0.25, 0.3) is 10.8 Å². The lowest BCUT2D eigenvalue weighted by Gasteiger charge is -2.32. The second kappa shape index (κ2) is 14.3. The summed E-state index contributed by atoms with van der Waals surface area (Å²) in [7, 11) is -2.92. The van der Waals surface area contributed by atoms with Gasteiger partial charge in [0.1, 0.15) is 40.9 Å². The molecule has 282 valence electrons. The van der Waals surface area contributed by atoms with E-state index in [1.807, 2.05) is 17.7 Å². The molecule has 7 atom stereocenters. The summed E-state index contributed by atoms with van der Waals surface area (Å²) in [4.78, 5) is 60.0. The highest BCUT2D eigenvalue weighted by Crippen LogP contribution is 2.48. The van der Waals surface area contributed by atoms with E-state index in [1.165, 1.54) is 18.2 Å². The number of amides is 4. The first kappa shape index (κ1) is 37.6. The fourth-order valence-electron chi connectivity index (χ4n) is 7.49. The molecule has 17 heteroatoms. The van der Waals surface area contributed by atoms with Crippen molar-refractivity contribution in [2.24, 2.45) is 17.8 Å². The first-order valence-corrected chi connectivity index (χ1v) is 19.2. The maximum atomic E-state index is 14.4. The van der Waals surface area contributed by atoms with E-state index in [0.717, 1.165) is 0 Å². The number of alkyl halides is 1. The summed E-state index contributed by atoms with van der Waals surface area (Å²) < 4.78 is 52.1. The Morgan fingerprint density at radius 1 is 1.21 bits per heavy atom. The molecule has 2 aliphatic carbocycles. The summed E-state index contributed by atoms with van der Waals surface area (Å²) in [6.45, 7) is 2.49. The van der Waals surface area contributed by atoms with E-state index in [0.29, 0.717) is 40.8 Å². The topological polar surface area (TPSA) is 193 Å². The quantitative estimate of drug-likeness (QED) is 0.288. The van der Waals surface area contributed by atoms with Crippen molar-refractivity contribution in [2.75, 3.05) is 20.3 Å². The molecule has 1 aromatic heterocycles. The predicted octanol–water partition coefficient (Wildman–Crippen LogP) is 3.72. The molecular weight excluding hydrogens is 721 g/mol. The number of ether oxygens (including phenoxy) is 2. The molecule has 4 aliphatic rings. The van der Waals surface area contributed by atoms with Gasteiger partial charge in [0, 0.05) is 23.1 Å². The van der Waals surface area contributed by atoms with Crippen LogP contribution >= 0.6 is 11.6 Å². The lowest BCUT2D eigenvalue weighted by atomic mass is 9.88. The number of carbonyl (C=O) groups is 4. The molecule has 6 rings (SSSR count). The van der Waals surface area contributed by atoms with Crippen molar-refractivity contribution in [1.29, 1.82) is 0 Å². The number of halogens is 2. The van der Waals surface area contributed by atoms with E-state index >= 15 is 0 Å². The van der Waals surface area contributed by atoms with Crippen molar-refractivity contribution in [1.82, 2.24) is 25.2 Å². The highest BCUT2D eigenvalue weighted by molar-refractivity contribution is 7.91. The number of carbonyl (C=O) groups excluding carboxylic acids is 3. The van der Waals surface area contributed by atoms with Crippen LogP contribution in [-0.4, -0.2) is 96.0 Å². The van der Waals surface area contributed by atoms with Gasteiger partial charge in [-0.1, -0.05) is 43.7 Å². The highest BCUT2D eigenvalue weighted by Gasteiger charge is 2.64. The Hall–Kier alpha value is -4.18. The minimum absolute atomic E-state index is 0.0701. The summed E-state index contributed by atoms with van der Waals surface area (Å²) in [6.07, 6.45) is 4.80. The molecule has 1 saturated heterocycles. The van der Waals surface area contributed by atoms with Crippen LogP contribution in [-0.2, 0) is 24.4 Å². The van der Waals surface area contributed by atoms with Gasteiger partial charge in [-0.25, -0.2) is 22.6 Å². The summed E-state index contributed by atoms with van der Waals surface area (Å²) in [6, 6.07) is 2.68. The minimum atomic E-state index is -4.39. The van der Waals surface area contributed by atoms with E-state index in [1.54, 1.807) is 31.2 Å². The third-order valence-electron chi connectivity index (χ3n) is 10.8. The first-order valence-electron chi connectivity index (χ1n) is 17.3. The number of allylic oxidation sites excluding steroid dienone is 1. The molecule has 1 aromatic carbocycles. The molecule has 3 heterocycles. The Balaban J connectivity index is 1.35. The molecule has 0 bridgehead atoms. The smallest absolute Gasteiger partial charge is 0.405 e. The lowest BCUT2D eigenvalue weighted by molar-refractivity contribution is -0.142. The SMILES string of the molecule is COc1cnc(O[C@@H]2C[C@H]3C(=O)N[C@]4(C(=O)NS(=O)(=O)C5(CF)CC5)C[C@H]4C=CCC[C@@H](C)C[C@@H](C)[C@H](NC(=O)O)C(=O)N3C2)c2cccc(Cl)c12. The zero-order valence-corrected chi connectivity index (χ0v) is 30.6. The van der Waals surface area contributed by atoms with Crippen LogP contribution in [0.15, 0.2) is 36.5 Å². The van der Waals surface area contributed by atoms with Crippen LogP contribution in [0.2, 0.25) is 5.02 Å². The molecule has 3 fully saturated rings. The molecule has 0 radical (unpaired) electrons. The van der Waals surface area contributed by atoms with Crippen molar-refractivity contribution in [2.45, 2.75) is 87.3 Å². The molecule has 4 N–H and O–H groups in total. The molecule has 2 aromatic rings. The molecule has 52 heavy (non-hydrogen) atoms. The number of nitrogens with one attached hydrogen (secondary N) is 3. The largest absolute Gasteiger partial charge is 0.494 e. The monoisotopic (exact) mass is 763 g/mol. The Kier molecular flexibility index (Phi) is 10.4. The van der Waals surface area contributed by atoms with Gasteiger partial charge in [-0.2, -0.15) is 0 Å². The Morgan fingerprint density at radius 3 is 2.63 bits per heavy atom. The van der Waals surface area contributed by atoms with Crippen molar-refractivity contribution >= 4 is 56.2 Å². The third kappa shape index (κ3) is 7.10. The third-order valence-corrected chi connectivity index (χ3v) is 13.3. The summed E-state index contributed by atoms with van der Waals surface area (Å²) in [5.41, 5.74) is -1.68. The lowest BCUT2D eigenvalue weighted by Crippen LogP contribution is -2.59. The van der Waals surface area contributed by atoms with Gasteiger partial charge in [-0.15, -0.1) is 0 Å². The normalized spacial score (nSPS) is 30.2. The number of nitrogens with zero attached hydrogens (tertiary/aromatic N) is 2. The second-order valence-electron chi connectivity index (χ2n) is 14.5. The molecule has 2 aliphatic heterocycles. The Bertz CT molecular complexity index is 1910. The molecule has 0 spiro atoms. The average Bonchev–Trinajstić information content (AvgIpc) is 4.00. The van der Waals surface area contributed by atoms with Gasteiger partial charge >= 0.3 is 6.09 Å². The van der Waals surface area contributed by atoms with Gasteiger partial charge in [0.2, 0.25) is 27.7 Å². The number of rotatable bonds is 8. The fraction of sp³-hybridized carbons (Fsp3) is 0.571. The predicted molar refractivity (Wildman–Crippen MR) is 188 cm³/mol. The number of carboxylic acid groups (broad SMARTS) is 1. The van der Waals surface area contributed by atoms with Gasteiger partial charge in [-0.3, -0.25) is 19.1 Å². The number of hydrogen-bond acceptors (Lipinski definition) is 9. The van der Waals surface area contributed by atoms with E-state index in [9.17, 15) is 37.1 Å². The van der Waals surface area contributed by atoms with Crippen LogP contribution in [0, 0.1) is 17.8 Å². The van der Waals surface area contributed by atoms with Crippen LogP contribution in [0.4, 0.5) is 9.18 Å². The first-order chi connectivity index (χ1) is 24.6. The number of aromatic nitrogens is 1. The van der Waals surface area contributed by atoms with Crippen LogP contribution in [0.5, 0.6) is 11.6 Å². The number of hydrogen-bond donors (Lipinski definition) is 4. The van der Waals surface area contributed by atoms with Crippen molar-refractivity contribution in [3.8, 4) is 11.6 Å². The number of pyridine rings is 1. The van der Waals surface area contributed by atoms with Gasteiger partial charge < -0.3 is 30.1 Å². The standard InChI is InChI=1S/C35H43ClFN5O9S/c1-19-7-4-5-8-21-15-35(21,32(45)41-52(48,49)34(18-37)11-12-34)40-29(43)25-14-22(17-42(25)31(44)28(20(2)13-19)39-33(46)47)51-30-23-9-6-10-24(36)27(23)26(50-3)16-38-30/h5-6,8-10,16,19-22,25,28,39H,4,7,11-15,17-18H2,1-3H3,(H,40,43)(H,41,45)(H,46,47)/t19-,20-,21-,22-,25+,28+,35-/m1/s1. The number of methoxy groups -OCH3 is 1. The Labute approximate surface area is 305 Å². The van der Waals surface area contributed by atoms with Gasteiger partial charge in [0.05, 0.1) is 24.9 Å². The van der Waals surface area contributed by atoms with E-state index in [-0.39, 0.29) is 44.0 Å². The van der Waals surface area contributed by atoms with E-state index in [4.69, 9.17) is 21.1 Å². The highest BCUT2D eigenvalue weighted by atomic mass is 35.5. The van der Waals surface area contributed by atoms with Crippen molar-refractivity contribution in [3.63, 3.8) is 0 Å². The van der Waals surface area contributed by atoms with E-state index < -0.39 is 80.8 Å². The van der Waals surface area contributed by atoms with Gasteiger partial charge in [0.15, 0.2) is 0 Å². The molecule has 0 unspecified atom stereocenters. The molecular formula is C35H43ClFN5O9S. The summed E-state index contributed by atoms with van der Waals surface area (Å²) in [5.74, 6) is -2.76. The molecule has 4 amide bonds. The zero-order chi connectivity index (χ0) is 37.6. The van der Waals surface area contributed by atoms with Crippen LogP contribution in [0.3, 0.4) is 0 Å². The zero-order valence-electron chi connectivity index (χ0n) is 29.1. The summed E-state index contributed by atoms with van der Waals surface area (Å²) in [5, 5.41) is 16.3. The van der Waals surface area contributed by atoms with Crippen LogP contribution < -0.4 is 24.8 Å². The molecule has 2 saturated carbocycles. The number of fused-ring (bicyclic) bond motifs is 3. The van der Waals surface area contributed by atoms with Gasteiger partial charge in [-0.05, 0) is 62.5 Å². The maximum absolute atomic E-state index is 14.4. The second-order valence-corrected chi connectivity index (χ2v) is 17.0. The maximum Gasteiger partial charge on any atom is 0.405 e. The summed E-state index contributed by atoms with van der Waals surface area (Å²) >= 11 is 6.49. The number of benzene rings is 1. The molecule has 14 nitrogen and oxygen atoms in total. The van der Waals surface area contributed by atoms with Gasteiger partial charge in [0.25, 0.3) is 5.91 Å². The number of sulfonamides is 1. The van der Waals surface area contributed by atoms with Crippen molar-refractivity contribution < 1.29 is 46.6 Å². The Morgan fingerprint density at radius 2 is 1.96 bits per heavy atom. The fourth-order valence-corrected chi connectivity index (χ4v) is 9.19. The minimum Gasteiger partial charge on any atom is -0.494 e. The van der Waals surface area contributed by atoms with Crippen LogP contribution in [0.1, 0.15) is 58.8 Å². The van der Waals surface area contributed by atoms with Crippen molar-refractivity contribution in [3.05, 3.63) is 41.6 Å². The van der Waals surface area contributed by atoms with E-state index in [2.05, 4.69) is 15.6 Å². The average molecular weight is 764 g/mol.